The Hall–Kier alpha value is -1.93. The Bertz CT molecular complexity index is 622. The van der Waals surface area contributed by atoms with Crippen LogP contribution in [0.2, 0.25) is 0 Å². The molecule has 0 bridgehead atoms. The first kappa shape index (κ1) is 17.1. The van der Waals surface area contributed by atoms with Crippen LogP contribution in [0.5, 0.6) is 0 Å². The number of sulfonamides is 1. The molecule has 1 rings (SSSR count). The van der Waals surface area contributed by atoms with Crippen molar-refractivity contribution in [1.82, 2.24) is 4.72 Å². The Morgan fingerprint density at radius 2 is 1.76 bits per heavy atom. The van der Waals surface area contributed by atoms with Gasteiger partial charge in [-0.3, -0.25) is 9.59 Å². The van der Waals surface area contributed by atoms with Gasteiger partial charge in [0.1, 0.15) is 6.04 Å². The number of carboxylic acids is 1. The van der Waals surface area contributed by atoms with E-state index in [4.69, 9.17) is 10.8 Å². The first-order valence-electron chi connectivity index (χ1n) is 6.26. The molecule has 1 aromatic carbocycles. The molecule has 21 heavy (non-hydrogen) atoms. The molecule has 0 radical (unpaired) electrons. The molecular formula is C13H18N2O5S. The third-order valence-electron chi connectivity index (χ3n) is 2.84. The van der Waals surface area contributed by atoms with Crippen LogP contribution in [0.15, 0.2) is 29.2 Å². The predicted molar refractivity (Wildman–Crippen MR) is 75.9 cm³/mol. The monoisotopic (exact) mass is 314 g/mol. The lowest BCUT2D eigenvalue weighted by molar-refractivity contribution is -0.136. The fourth-order valence-electron chi connectivity index (χ4n) is 1.72. The maximum absolute atomic E-state index is 12.1. The lowest BCUT2D eigenvalue weighted by Gasteiger charge is -2.19. The highest BCUT2D eigenvalue weighted by Gasteiger charge is 2.26. The minimum atomic E-state index is -3.89. The Labute approximate surface area is 123 Å². The molecule has 0 aliphatic heterocycles. The van der Waals surface area contributed by atoms with Crippen LogP contribution in [0.3, 0.4) is 0 Å². The van der Waals surface area contributed by atoms with Gasteiger partial charge in [-0.1, -0.05) is 26.0 Å². The predicted octanol–water partition coefficient (Wildman–Crippen LogP) is 0.102. The standard InChI is InChI=1S/C13H18N2O5S/c1-8(2)12(13(14)18)15-21(19,20)10-5-3-9(4-6-10)7-11(16)17/h3-6,8,12,15H,7H2,1-2H3,(H2,14,18)(H,16,17). The average molecular weight is 314 g/mol. The smallest absolute Gasteiger partial charge is 0.307 e. The van der Waals surface area contributed by atoms with Crippen LogP contribution in [-0.2, 0) is 26.0 Å². The van der Waals surface area contributed by atoms with Gasteiger partial charge in [-0.25, -0.2) is 8.42 Å². The molecular weight excluding hydrogens is 296 g/mol. The van der Waals surface area contributed by atoms with E-state index in [1.54, 1.807) is 13.8 Å². The van der Waals surface area contributed by atoms with Gasteiger partial charge >= 0.3 is 5.97 Å². The lowest BCUT2D eigenvalue weighted by atomic mass is 10.1. The van der Waals surface area contributed by atoms with E-state index in [-0.39, 0.29) is 17.2 Å². The Kier molecular flexibility index (Phi) is 5.45. The summed E-state index contributed by atoms with van der Waals surface area (Å²) in [6.07, 6.45) is -0.191. The molecule has 116 valence electrons. The van der Waals surface area contributed by atoms with Crippen molar-refractivity contribution < 1.29 is 23.1 Å². The van der Waals surface area contributed by atoms with Gasteiger partial charge in [-0.05, 0) is 23.6 Å². The fourth-order valence-corrected chi connectivity index (χ4v) is 3.07. The number of rotatable bonds is 7. The van der Waals surface area contributed by atoms with Gasteiger partial charge in [-0.2, -0.15) is 4.72 Å². The molecule has 1 amide bonds. The molecule has 0 saturated heterocycles. The maximum atomic E-state index is 12.1. The second-order valence-electron chi connectivity index (χ2n) is 4.96. The number of nitrogens with two attached hydrogens (primary N) is 1. The van der Waals surface area contributed by atoms with Crippen LogP contribution in [0.4, 0.5) is 0 Å². The number of carboxylic acid groups (broad SMARTS) is 1. The Morgan fingerprint density at radius 1 is 1.24 bits per heavy atom. The number of aliphatic carboxylic acids is 1. The molecule has 0 spiro atoms. The maximum Gasteiger partial charge on any atom is 0.307 e. The number of hydrogen-bond acceptors (Lipinski definition) is 4. The molecule has 0 aliphatic rings. The van der Waals surface area contributed by atoms with Crippen molar-refractivity contribution in [3.8, 4) is 0 Å². The quantitative estimate of drug-likeness (QED) is 0.658. The van der Waals surface area contributed by atoms with E-state index in [9.17, 15) is 18.0 Å². The van der Waals surface area contributed by atoms with E-state index >= 15 is 0 Å². The second-order valence-corrected chi connectivity index (χ2v) is 6.67. The fraction of sp³-hybridized carbons (Fsp3) is 0.385. The van der Waals surface area contributed by atoms with Gasteiger partial charge in [0, 0.05) is 0 Å². The molecule has 8 heteroatoms. The molecule has 1 aromatic rings. The largest absolute Gasteiger partial charge is 0.481 e. The van der Waals surface area contributed by atoms with E-state index < -0.39 is 27.9 Å². The van der Waals surface area contributed by atoms with Crippen LogP contribution in [0.25, 0.3) is 0 Å². The Balaban J connectivity index is 2.97. The first-order valence-corrected chi connectivity index (χ1v) is 7.74. The summed E-state index contributed by atoms with van der Waals surface area (Å²) in [6.45, 7) is 3.35. The normalized spacial score (nSPS) is 13.1. The third-order valence-corrected chi connectivity index (χ3v) is 4.30. The minimum Gasteiger partial charge on any atom is -0.481 e. The van der Waals surface area contributed by atoms with Crippen LogP contribution in [0, 0.1) is 5.92 Å². The van der Waals surface area contributed by atoms with Crippen molar-refractivity contribution in [3.63, 3.8) is 0 Å². The van der Waals surface area contributed by atoms with Crippen LogP contribution < -0.4 is 10.5 Å². The molecule has 4 N–H and O–H groups in total. The average Bonchev–Trinajstić information content (AvgIpc) is 2.35. The first-order chi connectivity index (χ1) is 9.63. The van der Waals surface area contributed by atoms with Crippen LogP contribution in [-0.4, -0.2) is 31.4 Å². The molecule has 0 heterocycles. The van der Waals surface area contributed by atoms with Gasteiger partial charge in [0.25, 0.3) is 0 Å². The third kappa shape index (κ3) is 4.83. The number of carbonyl (C=O) groups excluding carboxylic acids is 1. The number of hydrogen-bond donors (Lipinski definition) is 3. The summed E-state index contributed by atoms with van der Waals surface area (Å²) in [4.78, 5) is 21.8. The van der Waals surface area contributed by atoms with E-state index in [0.29, 0.717) is 5.56 Å². The molecule has 1 unspecified atom stereocenters. The van der Waals surface area contributed by atoms with Crippen molar-refractivity contribution in [2.45, 2.75) is 31.2 Å². The van der Waals surface area contributed by atoms with E-state index in [0.717, 1.165) is 0 Å². The summed E-state index contributed by atoms with van der Waals surface area (Å²) < 4.78 is 26.5. The number of amides is 1. The van der Waals surface area contributed by atoms with Crippen LogP contribution in [0.1, 0.15) is 19.4 Å². The van der Waals surface area contributed by atoms with Gasteiger partial charge in [0.15, 0.2) is 0 Å². The highest BCUT2D eigenvalue weighted by Crippen LogP contribution is 2.13. The zero-order chi connectivity index (χ0) is 16.2. The van der Waals surface area contributed by atoms with Gasteiger partial charge in [-0.15, -0.1) is 0 Å². The summed E-state index contributed by atoms with van der Waals surface area (Å²) in [5, 5.41) is 8.66. The highest BCUT2D eigenvalue weighted by atomic mass is 32.2. The van der Waals surface area contributed by atoms with Crippen molar-refractivity contribution in [1.29, 1.82) is 0 Å². The molecule has 0 aliphatic carbocycles. The van der Waals surface area contributed by atoms with Gasteiger partial charge in [0.05, 0.1) is 11.3 Å². The van der Waals surface area contributed by atoms with E-state index in [2.05, 4.69) is 4.72 Å². The van der Waals surface area contributed by atoms with E-state index in [1.807, 2.05) is 0 Å². The minimum absolute atomic E-state index is 0.0523. The Morgan fingerprint density at radius 3 is 2.14 bits per heavy atom. The van der Waals surface area contributed by atoms with Crippen molar-refractivity contribution in [2.75, 3.05) is 0 Å². The lowest BCUT2D eigenvalue weighted by Crippen LogP contribution is -2.47. The van der Waals surface area contributed by atoms with Crippen molar-refractivity contribution in [2.24, 2.45) is 11.7 Å². The number of primary amides is 1. The second kappa shape index (κ2) is 6.68. The number of benzene rings is 1. The summed E-state index contributed by atoms with van der Waals surface area (Å²) in [6, 6.07) is 4.40. The molecule has 0 aromatic heterocycles. The van der Waals surface area contributed by atoms with Crippen molar-refractivity contribution >= 4 is 21.9 Å². The zero-order valence-electron chi connectivity index (χ0n) is 11.7. The topological polar surface area (TPSA) is 127 Å². The van der Waals surface area contributed by atoms with E-state index in [1.165, 1.54) is 24.3 Å². The summed E-state index contributed by atoms with van der Waals surface area (Å²) >= 11 is 0. The van der Waals surface area contributed by atoms with Gasteiger partial charge in [0.2, 0.25) is 15.9 Å². The SMILES string of the molecule is CC(C)C(NS(=O)(=O)c1ccc(CC(=O)O)cc1)C(N)=O. The van der Waals surface area contributed by atoms with Crippen LogP contribution >= 0.6 is 0 Å². The number of carbonyl (C=O) groups is 2. The van der Waals surface area contributed by atoms with Crippen molar-refractivity contribution in [3.05, 3.63) is 29.8 Å². The summed E-state index contributed by atoms with van der Waals surface area (Å²) in [5.41, 5.74) is 5.65. The van der Waals surface area contributed by atoms with Gasteiger partial charge < -0.3 is 10.8 Å². The number of nitrogens with one attached hydrogen (secondary N) is 1. The molecule has 7 nitrogen and oxygen atoms in total. The zero-order valence-corrected chi connectivity index (χ0v) is 12.6. The molecule has 0 fully saturated rings. The molecule has 0 saturated carbocycles. The highest BCUT2D eigenvalue weighted by molar-refractivity contribution is 7.89. The molecule has 1 atom stereocenters. The summed E-state index contributed by atoms with van der Waals surface area (Å²) in [5.74, 6) is -2.04. The summed E-state index contributed by atoms with van der Waals surface area (Å²) in [7, 11) is -3.89.